The molecule has 1 unspecified atom stereocenters. The Morgan fingerprint density at radius 2 is 1.86 bits per heavy atom. The van der Waals surface area contributed by atoms with Gasteiger partial charge in [-0.3, -0.25) is 9.59 Å². The summed E-state index contributed by atoms with van der Waals surface area (Å²) < 4.78 is 26.1. The van der Waals surface area contributed by atoms with Crippen LogP contribution >= 0.6 is 0 Å². The Bertz CT molecular complexity index is 1290. The van der Waals surface area contributed by atoms with E-state index in [0.29, 0.717) is 24.2 Å². The Balaban J connectivity index is 1.45. The van der Waals surface area contributed by atoms with Gasteiger partial charge in [0, 0.05) is 19.4 Å². The van der Waals surface area contributed by atoms with Crippen molar-refractivity contribution < 1.29 is 28.6 Å². The molecule has 0 bridgehead atoms. The summed E-state index contributed by atoms with van der Waals surface area (Å²) in [5.41, 5.74) is 2.52. The van der Waals surface area contributed by atoms with E-state index >= 15 is 0 Å². The molecule has 0 saturated heterocycles. The van der Waals surface area contributed by atoms with Gasteiger partial charge in [-0.15, -0.1) is 0 Å². The molecule has 0 radical (unpaired) electrons. The molecule has 0 saturated carbocycles. The first-order valence-corrected chi connectivity index (χ1v) is 12.4. The SMILES string of the molecule is CC(C)Oc1cccc(CN(CC(=O)O)C(=O)Cc2ccc3c(c2)CC(C)(Cc2ccccc2F)O3)c1. The molecule has 0 aliphatic carbocycles. The molecule has 1 aliphatic rings. The average molecular weight is 506 g/mol. The largest absolute Gasteiger partial charge is 0.491 e. The topological polar surface area (TPSA) is 76.1 Å². The summed E-state index contributed by atoms with van der Waals surface area (Å²) in [4.78, 5) is 26.0. The monoisotopic (exact) mass is 505 g/mol. The van der Waals surface area contributed by atoms with Crippen molar-refractivity contribution >= 4 is 11.9 Å². The van der Waals surface area contributed by atoms with Crippen LogP contribution in [0.15, 0.2) is 66.7 Å². The van der Waals surface area contributed by atoms with Gasteiger partial charge in [-0.1, -0.05) is 42.5 Å². The molecule has 4 rings (SSSR count). The fraction of sp³-hybridized carbons (Fsp3) is 0.333. The molecule has 0 aromatic heterocycles. The first-order chi connectivity index (χ1) is 17.6. The van der Waals surface area contributed by atoms with Crippen molar-refractivity contribution in [2.75, 3.05) is 6.54 Å². The zero-order valence-corrected chi connectivity index (χ0v) is 21.4. The molecule has 6 nitrogen and oxygen atoms in total. The van der Waals surface area contributed by atoms with E-state index in [1.807, 2.05) is 69.3 Å². The molecule has 7 heteroatoms. The number of hydrogen-bond donors (Lipinski definition) is 1. The number of hydrogen-bond acceptors (Lipinski definition) is 4. The lowest BCUT2D eigenvalue weighted by Crippen LogP contribution is -2.36. The minimum Gasteiger partial charge on any atom is -0.491 e. The third kappa shape index (κ3) is 6.88. The minimum atomic E-state index is -1.07. The van der Waals surface area contributed by atoms with Crippen molar-refractivity contribution in [1.29, 1.82) is 0 Å². The summed E-state index contributed by atoms with van der Waals surface area (Å²) in [6, 6.07) is 19.6. The number of carboxylic acid groups (broad SMARTS) is 1. The van der Waals surface area contributed by atoms with Gasteiger partial charge >= 0.3 is 5.97 Å². The van der Waals surface area contributed by atoms with Crippen molar-refractivity contribution in [3.63, 3.8) is 0 Å². The molecule has 1 atom stereocenters. The van der Waals surface area contributed by atoms with Crippen LogP contribution in [-0.4, -0.2) is 40.1 Å². The van der Waals surface area contributed by atoms with Crippen molar-refractivity contribution in [3.05, 3.63) is 94.8 Å². The summed E-state index contributed by atoms with van der Waals surface area (Å²) in [7, 11) is 0. The molecule has 1 amide bonds. The highest BCUT2D eigenvalue weighted by atomic mass is 19.1. The molecule has 0 spiro atoms. The van der Waals surface area contributed by atoms with Crippen LogP contribution in [-0.2, 0) is 35.4 Å². The zero-order chi connectivity index (χ0) is 26.6. The van der Waals surface area contributed by atoms with E-state index in [1.54, 1.807) is 12.1 Å². The zero-order valence-electron chi connectivity index (χ0n) is 21.4. The molecule has 194 valence electrons. The summed E-state index contributed by atoms with van der Waals surface area (Å²) >= 11 is 0. The number of benzene rings is 3. The van der Waals surface area contributed by atoms with Crippen LogP contribution in [0.25, 0.3) is 0 Å². The van der Waals surface area contributed by atoms with Crippen LogP contribution in [0, 0.1) is 5.82 Å². The summed E-state index contributed by atoms with van der Waals surface area (Å²) in [5, 5.41) is 9.41. The third-order valence-corrected chi connectivity index (χ3v) is 6.25. The Labute approximate surface area is 216 Å². The molecular weight excluding hydrogens is 473 g/mol. The third-order valence-electron chi connectivity index (χ3n) is 6.25. The second-order valence-electron chi connectivity index (χ2n) is 10.1. The number of carbonyl (C=O) groups is 2. The Hall–Kier alpha value is -3.87. The van der Waals surface area contributed by atoms with Crippen LogP contribution in [0.3, 0.4) is 0 Å². The quantitative estimate of drug-likeness (QED) is 0.410. The predicted molar refractivity (Wildman–Crippen MR) is 138 cm³/mol. The normalized spacial score (nSPS) is 16.2. The fourth-order valence-corrected chi connectivity index (χ4v) is 4.72. The molecule has 3 aromatic carbocycles. The van der Waals surface area contributed by atoms with E-state index in [2.05, 4.69) is 0 Å². The molecule has 1 aliphatic heterocycles. The predicted octanol–water partition coefficient (Wildman–Crippen LogP) is 5.21. The Morgan fingerprint density at radius 3 is 2.59 bits per heavy atom. The van der Waals surface area contributed by atoms with Crippen molar-refractivity contribution in [2.45, 2.75) is 58.3 Å². The van der Waals surface area contributed by atoms with Crippen LogP contribution in [0.2, 0.25) is 0 Å². The molecule has 3 aromatic rings. The fourth-order valence-electron chi connectivity index (χ4n) is 4.72. The Morgan fingerprint density at radius 1 is 1.08 bits per heavy atom. The van der Waals surface area contributed by atoms with Gasteiger partial charge in [-0.2, -0.15) is 0 Å². The smallest absolute Gasteiger partial charge is 0.323 e. The lowest BCUT2D eigenvalue weighted by atomic mass is 9.91. The van der Waals surface area contributed by atoms with Gasteiger partial charge in [0.05, 0.1) is 12.5 Å². The van der Waals surface area contributed by atoms with Gasteiger partial charge in [-0.25, -0.2) is 4.39 Å². The molecule has 37 heavy (non-hydrogen) atoms. The lowest BCUT2D eigenvalue weighted by molar-refractivity contribution is -0.144. The van der Waals surface area contributed by atoms with Crippen LogP contribution in [0.1, 0.15) is 43.0 Å². The van der Waals surface area contributed by atoms with Crippen molar-refractivity contribution in [2.24, 2.45) is 0 Å². The molecule has 1 N–H and O–H groups in total. The average Bonchev–Trinajstić information content (AvgIpc) is 3.15. The van der Waals surface area contributed by atoms with Gasteiger partial charge < -0.3 is 19.5 Å². The molecular formula is C30H32FNO5. The highest BCUT2D eigenvalue weighted by molar-refractivity contribution is 5.83. The highest BCUT2D eigenvalue weighted by Gasteiger charge is 2.36. The van der Waals surface area contributed by atoms with Crippen LogP contribution in [0.5, 0.6) is 11.5 Å². The number of amides is 1. The number of carboxylic acids is 1. The standard InChI is InChI=1S/C30H32FNO5/c1-20(2)36-25-9-6-7-22(14-25)18-32(19-29(34)35)28(33)15-21-11-12-27-24(13-21)17-30(3,37-27)16-23-8-4-5-10-26(23)31/h4-14,20H,15-19H2,1-3H3,(H,34,35). The first-order valence-electron chi connectivity index (χ1n) is 12.4. The maximum absolute atomic E-state index is 14.2. The number of aliphatic carboxylic acids is 1. The van der Waals surface area contributed by atoms with E-state index in [1.165, 1.54) is 11.0 Å². The van der Waals surface area contributed by atoms with Gasteiger partial charge in [0.25, 0.3) is 0 Å². The first kappa shape index (κ1) is 26.2. The number of rotatable bonds is 10. The van der Waals surface area contributed by atoms with Gasteiger partial charge in [0.1, 0.15) is 29.5 Å². The molecule has 1 heterocycles. The summed E-state index contributed by atoms with van der Waals surface area (Å²) in [5.74, 6) is -0.221. The van der Waals surface area contributed by atoms with Crippen LogP contribution < -0.4 is 9.47 Å². The number of halogens is 1. The lowest BCUT2D eigenvalue weighted by Gasteiger charge is -2.24. The maximum atomic E-state index is 14.2. The van der Waals surface area contributed by atoms with E-state index in [0.717, 1.165) is 22.4 Å². The number of fused-ring (bicyclic) bond motifs is 1. The highest BCUT2D eigenvalue weighted by Crippen LogP contribution is 2.38. The van der Waals surface area contributed by atoms with Crippen molar-refractivity contribution in [1.82, 2.24) is 4.90 Å². The Kier molecular flexibility index (Phi) is 7.81. The van der Waals surface area contributed by atoms with E-state index in [-0.39, 0.29) is 30.8 Å². The second-order valence-corrected chi connectivity index (χ2v) is 10.1. The second kappa shape index (κ2) is 11.0. The van der Waals surface area contributed by atoms with E-state index in [9.17, 15) is 19.1 Å². The number of ether oxygens (including phenoxy) is 2. The van der Waals surface area contributed by atoms with Gasteiger partial charge in [-0.05, 0) is 67.3 Å². The number of carbonyl (C=O) groups excluding carboxylic acids is 1. The van der Waals surface area contributed by atoms with Crippen molar-refractivity contribution in [3.8, 4) is 11.5 Å². The summed E-state index contributed by atoms with van der Waals surface area (Å²) in [6.45, 7) is 5.57. The van der Waals surface area contributed by atoms with E-state index < -0.39 is 18.1 Å². The summed E-state index contributed by atoms with van der Waals surface area (Å²) in [6.07, 6.45) is 1.08. The number of nitrogens with zero attached hydrogens (tertiary/aromatic N) is 1. The minimum absolute atomic E-state index is 0.00404. The maximum Gasteiger partial charge on any atom is 0.323 e. The van der Waals surface area contributed by atoms with E-state index in [4.69, 9.17) is 9.47 Å². The van der Waals surface area contributed by atoms with Crippen LogP contribution in [0.4, 0.5) is 4.39 Å². The van der Waals surface area contributed by atoms with Gasteiger partial charge in [0.2, 0.25) is 5.91 Å². The van der Waals surface area contributed by atoms with Gasteiger partial charge in [0.15, 0.2) is 0 Å². The molecule has 0 fully saturated rings.